The number of morpholine rings is 1. The first-order chi connectivity index (χ1) is 8.35. The zero-order chi connectivity index (χ0) is 12.1. The second-order valence-electron chi connectivity index (χ2n) is 4.23. The molecule has 0 bridgehead atoms. The summed E-state index contributed by atoms with van der Waals surface area (Å²) in [5.74, 6) is 0. The van der Waals surface area contributed by atoms with Crippen molar-refractivity contribution in [3.05, 3.63) is 29.6 Å². The van der Waals surface area contributed by atoms with Crippen molar-refractivity contribution in [1.82, 2.24) is 9.88 Å². The molecule has 4 heteroatoms. The number of nitriles is 1. The molecule has 0 aromatic carbocycles. The predicted octanol–water partition coefficient (Wildman–Crippen LogP) is 1.56. The van der Waals surface area contributed by atoms with Crippen molar-refractivity contribution in [1.29, 1.82) is 5.26 Å². The van der Waals surface area contributed by atoms with Crippen LogP contribution in [0, 0.1) is 11.3 Å². The Morgan fingerprint density at radius 1 is 1.65 bits per heavy atom. The Morgan fingerprint density at radius 3 is 3.29 bits per heavy atom. The minimum Gasteiger partial charge on any atom is -0.378 e. The zero-order valence-electron chi connectivity index (χ0n) is 10.1. The van der Waals surface area contributed by atoms with E-state index in [2.05, 4.69) is 22.9 Å². The maximum atomic E-state index is 9.02. The van der Waals surface area contributed by atoms with Gasteiger partial charge in [-0.1, -0.05) is 13.0 Å². The van der Waals surface area contributed by atoms with Crippen molar-refractivity contribution >= 4 is 0 Å². The fourth-order valence-corrected chi connectivity index (χ4v) is 2.16. The molecule has 17 heavy (non-hydrogen) atoms. The minimum absolute atomic E-state index is 0.454. The quantitative estimate of drug-likeness (QED) is 0.792. The van der Waals surface area contributed by atoms with Crippen LogP contribution in [0.15, 0.2) is 18.3 Å². The Bertz CT molecular complexity index is 413. The van der Waals surface area contributed by atoms with Gasteiger partial charge in [-0.3, -0.25) is 4.90 Å². The maximum absolute atomic E-state index is 9.02. The highest BCUT2D eigenvalue weighted by molar-refractivity contribution is 5.30. The van der Waals surface area contributed by atoms with Gasteiger partial charge >= 0.3 is 0 Å². The molecule has 1 aromatic heterocycles. The Balaban J connectivity index is 2.11. The van der Waals surface area contributed by atoms with Crippen LogP contribution in [0.25, 0.3) is 0 Å². The van der Waals surface area contributed by atoms with Crippen molar-refractivity contribution in [3.8, 4) is 6.07 Å². The second kappa shape index (κ2) is 5.76. The van der Waals surface area contributed by atoms with E-state index < -0.39 is 0 Å². The molecule has 1 saturated heterocycles. The van der Waals surface area contributed by atoms with Gasteiger partial charge in [0.15, 0.2) is 0 Å². The van der Waals surface area contributed by atoms with Crippen LogP contribution in [0.1, 0.15) is 24.6 Å². The molecular formula is C13H17N3O. The standard InChI is InChI=1S/C13H17N3O/c1-2-12-10-17-7-6-16(12)9-11-4-3-5-15-13(11)8-14/h3-5,12H,2,6-7,9-10H2,1H3. The van der Waals surface area contributed by atoms with Crippen molar-refractivity contribution < 1.29 is 4.74 Å². The molecule has 2 heterocycles. The number of rotatable bonds is 3. The van der Waals surface area contributed by atoms with Crippen molar-refractivity contribution in [3.63, 3.8) is 0 Å². The lowest BCUT2D eigenvalue weighted by Gasteiger charge is -2.35. The van der Waals surface area contributed by atoms with Gasteiger partial charge in [-0.25, -0.2) is 4.98 Å². The van der Waals surface area contributed by atoms with E-state index in [9.17, 15) is 0 Å². The van der Waals surface area contributed by atoms with E-state index in [1.54, 1.807) is 6.20 Å². The molecule has 1 atom stereocenters. The van der Waals surface area contributed by atoms with Crippen molar-refractivity contribution in [2.75, 3.05) is 19.8 Å². The molecule has 0 spiro atoms. The molecule has 0 radical (unpaired) electrons. The van der Waals surface area contributed by atoms with Crippen LogP contribution < -0.4 is 0 Å². The number of pyridine rings is 1. The van der Waals surface area contributed by atoms with Gasteiger partial charge in [-0.05, 0) is 12.5 Å². The summed E-state index contributed by atoms with van der Waals surface area (Å²) in [6, 6.07) is 6.47. The van der Waals surface area contributed by atoms with Gasteiger partial charge in [0.25, 0.3) is 0 Å². The van der Waals surface area contributed by atoms with Gasteiger partial charge in [-0.2, -0.15) is 5.26 Å². The van der Waals surface area contributed by atoms with Gasteiger partial charge in [-0.15, -0.1) is 0 Å². The summed E-state index contributed by atoms with van der Waals surface area (Å²) in [5.41, 5.74) is 1.55. The highest BCUT2D eigenvalue weighted by Crippen LogP contribution is 2.15. The van der Waals surface area contributed by atoms with Gasteiger partial charge in [0.1, 0.15) is 11.8 Å². The van der Waals surface area contributed by atoms with Gasteiger partial charge < -0.3 is 4.74 Å². The smallest absolute Gasteiger partial charge is 0.144 e. The first-order valence-corrected chi connectivity index (χ1v) is 6.01. The van der Waals surface area contributed by atoms with E-state index in [4.69, 9.17) is 10.00 Å². The second-order valence-corrected chi connectivity index (χ2v) is 4.23. The van der Waals surface area contributed by atoms with Crippen molar-refractivity contribution in [2.24, 2.45) is 0 Å². The summed E-state index contributed by atoms with van der Waals surface area (Å²) in [5, 5.41) is 9.02. The Morgan fingerprint density at radius 2 is 2.53 bits per heavy atom. The topological polar surface area (TPSA) is 49.1 Å². The monoisotopic (exact) mass is 231 g/mol. The molecular weight excluding hydrogens is 214 g/mol. The molecule has 0 amide bonds. The Hall–Kier alpha value is -1.44. The van der Waals surface area contributed by atoms with E-state index in [1.807, 2.05) is 12.1 Å². The number of hydrogen-bond acceptors (Lipinski definition) is 4. The van der Waals surface area contributed by atoms with Gasteiger partial charge in [0, 0.05) is 30.9 Å². The fourth-order valence-electron chi connectivity index (χ4n) is 2.16. The average Bonchev–Trinajstić information content (AvgIpc) is 2.40. The molecule has 2 rings (SSSR count). The normalized spacial score (nSPS) is 21.1. The van der Waals surface area contributed by atoms with E-state index in [0.717, 1.165) is 38.3 Å². The lowest BCUT2D eigenvalue weighted by Crippen LogP contribution is -2.44. The van der Waals surface area contributed by atoms with Crippen LogP contribution in [0.2, 0.25) is 0 Å². The molecule has 1 unspecified atom stereocenters. The average molecular weight is 231 g/mol. The Kier molecular flexibility index (Phi) is 4.08. The van der Waals surface area contributed by atoms with Crippen LogP contribution in [0.5, 0.6) is 0 Å². The fraction of sp³-hybridized carbons (Fsp3) is 0.538. The van der Waals surface area contributed by atoms with Crippen LogP contribution >= 0.6 is 0 Å². The zero-order valence-corrected chi connectivity index (χ0v) is 10.1. The summed E-state index contributed by atoms with van der Waals surface area (Å²) < 4.78 is 5.48. The lowest BCUT2D eigenvalue weighted by molar-refractivity contribution is -0.0128. The molecule has 0 aliphatic carbocycles. The third kappa shape index (κ3) is 2.82. The largest absolute Gasteiger partial charge is 0.378 e. The predicted molar refractivity (Wildman–Crippen MR) is 64.3 cm³/mol. The van der Waals surface area contributed by atoms with E-state index in [0.29, 0.717) is 11.7 Å². The highest BCUT2D eigenvalue weighted by atomic mass is 16.5. The first-order valence-electron chi connectivity index (χ1n) is 6.01. The number of hydrogen-bond donors (Lipinski definition) is 0. The van der Waals surface area contributed by atoms with Crippen LogP contribution in [-0.2, 0) is 11.3 Å². The van der Waals surface area contributed by atoms with E-state index in [-0.39, 0.29) is 0 Å². The summed E-state index contributed by atoms with van der Waals surface area (Å²) in [4.78, 5) is 6.47. The molecule has 4 nitrogen and oxygen atoms in total. The maximum Gasteiger partial charge on any atom is 0.144 e. The van der Waals surface area contributed by atoms with E-state index in [1.165, 1.54) is 0 Å². The van der Waals surface area contributed by atoms with Crippen molar-refractivity contribution in [2.45, 2.75) is 25.9 Å². The summed E-state index contributed by atoms with van der Waals surface area (Å²) in [6.45, 7) is 5.45. The SMILES string of the molecule is CCC1COCCN1Cc1cccnc1C#N. The molecule has 1 aliphatic rings. The number of aromatic nitrogens is 1. The third-order valence-electron chi connectivity index (χ3n) is 3.19. The lowest BCUT2D eigenvalue weighted by atomic mass is 10.1. The van der Waals surface area contributed by atoms with Gasteiger partial charge in [0.05, 0.1) is 13.2 Å². The summed E-state index contributed by atoms with van der Waals surface area (Å²) >= 11 is 0. The van der Waals surface area contributed by atoms with E-state index >= 15 is 0 Å². The summed E-state index contributed by atoms with van der Waals surface area (Å²) in [6.07, 6.45) is 2.74. The highest BCUT2D eigenvalue weighted by Gasteiger charge is 2.22. The first kappa shape index (κ1) is 12.0. The van der Waals surface area contributed by atoms with Crippen LogP contribution in [-0.4, -0.2) is 35.7 Å². The minimum atomic E-state index is 0.454. The molecule has 0 saturated carbocycles. The number of ether oxygens (including phenoxy) is 1. The molecule has 0 N–H and O–H groups in total. The van der Waals surface area contributed by atoms with Crippen LogP contribution in [0.3, 0.4) is 0 Å². The summed E-state index contributed by atoms with van der Waals surface area (Å²) in [7, 11) is 0. The Labute approximate surface area is 102 Å². The molecule has 1 aromatic rings. The molecule has 1 aliphatic heterocycles. The molecule has 90 valence electrons. The number of nitrogens with zero attached hydrogens (tertiary/aromatic N) is 3. The van der Waals surface area contributed by atoms with Crippen LogP contribution in [0.4, 0.5) is 0 Å². The third-order valence-corrected chi connectivity index (χ3v) is 3.19. The van der Waals surface area contributed by atoms with Gasteiger partial charge in [0.2, 0.25) is 0 Å². The molecule has 1 fully saturated rings.